The molecule has 0 spiro atoms. The van der Waals surface area contributed by atoms with Crippen LogP contribution in [0, 0.1) is 11.8 Å². The van der Waals surface area contributed by atoms with Crippen LogP contribution in [0.5, 0.6) is 0 Å². The predicted octanol–water partition coefficient (Wildman–Crippen LogP) is 1.47. The minimum atomic E-state index is 0.471. The monoisotopic (exact) mass is 226 g/mol. The molecule has 0 aromatic heterocycles. The number of likely N-dealkylation sites (tertiary alicyclic amines) is 1. The Balaban J connectivity index is 1.78. The SMILES string of the molecule is CC1CCC(CN2CCC(C)C(CN)C2)O1. The second kappa shape index (κ2) is 5.48. The zero-order valence-electron chi connectivity index (χ0n) is 10.7. The van der Waals surface area contributed by atoms with E-state index in [-0.39, 0.29) is 0 Å². The van der Waals surface area contributed by atoms with Crippen molar-refractivity contribution in [3.05, 3.63) is 0 Å². The lowest BCUT2D eigenvalue weighted by atomic mass is 9.87. The van der Waals surface area contributed by atoms with Crippen LogP contribution in [0.4, 0.5) is 0 Å². The fourth-order valence-electron chi connectivity index (χ4n) is 3.00. The highest BCUT2D eigenvalue weighted by Crippen LogP contribution is 2.25. The first-order valence-corrected chi connectivity index (χ1v) is 6.77. The highest BCUT2D eigenvalue weighted by Gasteiger charge is 2.29. The minimum absolute atomic E-state index is 0.471. The Kier molecular flexibility index (Phi) is 4.22. The molecule has 2 heterocycles. The van der Waals surface area contributed by atoms with E-state index in [1.165, 1.54) is 32.4 Å². The number of rotatable bonds is 3. The lowest BCUT2D eigenvalue weighted by Gasteiger charge is -2.37. The third-order valence-electron chi connectivity index (χ3n) is 4.28. The Hall–Kier alpha value is -0.120. The maximum atomic E-state index is 5.89. The first-order chi connectivity index (χ1) is 7.69. The minimum Gasteiger partial charge on any atom is -0.374 e. The summed E-state index contributed by atoms with van der Waals surface area (Å²) < 4.78 is 5.89. The summed E-state index contributed by atoms with van der Waals surface area (Å²) in [6.45, 7) is 8.87. The highest BCUT2D eigenvalue weighted by molar-refractivity contribution is 4.82. The summed E-state index contributed by atoms with van der Waals surface area (Å²) in [6, 6.07) is 0. The van der Waals surface area contributed by atoms with Gasteiger partial charge in [-0.3, -0.25) is 0 Å². The maximum absolute atomic E-state index is 5.89. The van der Waals surface area contributed by atoms with Crippen molar-refractivity contribution in [2.45, 2.75) is 45.3 Å². The van der Waals surface area contributed by atoms with Gasteiger partial charge in [0.1, 0.15) is 0 Å². The second-order valence-electron chi connectivity index (χ2n) is 5.67. The van der Waals surface area contributed by atoms with Gasteiger partial charge in [-0.2, -0.15) is 0 Å². The van der Waals surface area contributed by atoms with Crippen molar-refractivity contribution in [1.82, 2.24) is 4.90 Å². The molecule has 2 aliphatic heterocycles. The van der Waals surface area contributed by atoms with E-state index >= 15 is 0 Å². The summed E-state index contributed by atoms with van der Waals surface area (Å²) in [7, 11) is 0. The number of hydrogen-bond acceptors (Lipinski definition) is 3. The number of ether oxygens (including phenoxy) is 1. The molecule has 0 bridgehead atoms. The van der Waals surface area contributed by atoms with Crippen LogP contribution in [-0.4, -0.2) is 43.3 Å². The van der Waals surface area contributed by atoms with Gasteiger partial charge in [0.05, 0.1) is 12.2 Å². The molecule has 4 atom stereocenters. The van der Waals surface area contributed by atoms with Gasteiger partial charge in [-0.05, 0) is 51.1 Å². The maximum Gasteiger partial charge on any atom is 0.0706 e. The van der Waals surface area contributed by atoms with E-state index < -0.39 is 0 Å². The van der Waals surface area contributed by atoms with Gasteiger partial charge in [-0.1, -0.05) is 6.92 Å². The molecule has 0 aliphatic carbocycles. The summed E-state index contributed by atoms with van der Waals surface area (Å²) in [5.41, 5.74) is 5.83. The van der Waals surface area contributed by atoms with Gasteiger partial charge in [-0.25, -0.2) is 0 Å². The van der Waals surface area contributed by atoms with Gasteiger partial charge in [0.25, 0.3) is 0 Å². The summed E-state index contributed by atoms with van der Waals surface area (Å²) in [4.78, 5) is 2.56. The van der Waals surface area contributed by atoms with Crippen LogP contribution < -0.4 is 5.73 Å². The van der Waals surface area contributed by atoms with Gasteiger partial charge in [0.2, 0.25) is 0 Å². The topological polar surface area (TPSA) is 38.5 Å². The van der Waals surface area contributed by atoms with Crippen molar-refractivity contribution in [2.75, 3.05) is 26.2 Å². The molecule has 2 aliphatic rings. The summed E-state index contributed by atoms with van der Waals surface area (Å²) >= 11 is 0. The smallest absolute Gasteiger partial charge is 0.0706 e. The lowest BCUT2D eigenvalue weighted by molar-refractivity contribution is 0.0163. The largest absolute Gasteiger partial charge is 0.374 e. The quantitative estimate of drug-likeness (QED) is 0.792. The zero-order valence-corrected chi connectivity index (χ0v) is 10.7. The van der Waals surface area contributed by atoms with E-state index in [9.17, 15) is 0 Å². The predicted molar refractivity (Wildman–Crippen MR) is 66.3 cm³/mol. The third-order valence-corrected chi connectivity index (χ3v) is 4.28. The van der Waals surface area contributed by atoms with E-state index in [0.717, 1.165) is 19.0 Å². The number of hydrogen-bond donors (Lipinski definition) is 1. The Bertz CT molecular complexity index is 222. The Morgan fingerprint density at radius 2 is 2.06 bits per heavy atom. The van der Waals surface area contributed by atoms with Crippen molar-refractivity contribution in [2.24, 2.45) is 17.6 Å². The Labute approximate surface area is 99.3 Å². The zero-order chi connectivity index (χ0) is 11.5. The molecule has 0 saturated carbocycles. The van der Waals surface area contributed by atoms with Gasteiger partial charge in [0, 0.05) is 13.1 Å². The van der Waals surface area contributed by atoms with Crippen molar-refractivity contribution in [3.63, 3.8) is 0 Å². The van der Waals surface area contributed by atoms with E-state index in [1.807, 2.05) is 0 Å². The van der Waals surface area contributed by atoms with Crippen LogP contribution >= 0.6 is 0 Å². The molecule has 2 N–H and O–H groups in total. The molecule has 0 aromatic carbocycles. The van der Waals surface area contributed by atoms with Crippen molar-refractivity contribution >= 4 is 0 Å². The van der Waals surface area contributed by atoms with Gasteiger partial charge in [0.15, 0.2) is 0 Å². The standard InChI is InChI=1S/C13H26N2O/c1-10-5-6-15(8-12(10)7-14)9-13-4-3-11(2)16-13/h10-13H,3-9,14H2,1-2H3. The molecule has 16 heavy (non-hydrogen) atoms. The fourth-order valence-corrected chi connectivity index (χ4v) is 3.00. The van der Waals surface area contributed by atoms with Crippen molar-refractivity contribution in [1.29, 1.82) is 0 Å². The number of piperidine rings is 1. The van der Waals surface area contributed by atoms with Gasteiger partial charge in [-0.15, -0.1) is 0 Å². The van der Waals surface area contributed by atoms with Crippen LogP contribution in [0.25, 0.3) is 0 Å². The van der Waals surface area contributed by atoms with E-state index in [4.69, 9.17) is 10.5 Å². The van der Waals surface area contributed by atoms with E-state index in [1.54, 1.807) is 0 Å². The molecule has 94 valence electrons. The molecule has 2 rings (SSSR count). The second-order valence-corrected chi connectivity index (χ2v) is 5.67. The molecular formula is C13H26N2O. The Morgan fingerprint density at radius 1 is 1.25 bits per heavy atom. The Morgan fingerprint density at radius 3 is 2.69 bits per heavy atom. The molecule has 4 unspecified atom stereocenters. The molecular weight excluding hydrogens is 200 g/mol. The highest BCUT2D eigenvalue weighted by atomic mass is 16.5. The molecule has 0 aromatic rings. The van der Waals surface area contributed by atoms with Crippen molar-refractivity contribution in [3.8, 4) is 0 Å². The van der Waals surface area contributed by atoms with Crippen LogP contribution in [0.2, 0.25) is 0 Å². The van der Waals surface area contributed by atoms with Crippen LogP contribution in [0.15, 0.2) is 0 Å². The van der Waals surface area contributed by atoms with Crippen LogP contribution in [0.3, 0.4) is 0 Å². The summed E-state index contributed by atoms with van der Waals surface area (Å²) in [5.74, 6) is 1.48. The average Bonchev–Trinajstić information content (AvgIpc) is 2.67. The molecule has 2 fully saturated rings. The first kappa shape index (κ1) is 12.3. The van der Waals surface area contributed by atoms with Crippen LogP contribution in [-0.2, 0) is 4.74 Å². The summed E-state index contributed by atoms with van der Waals surface area (Å²) in [6.07, 6.45) is 4.71. The number of nitrogens with two attached hydrogens (primary N) is 1. The van der Waals surface area contributed by atoms with Crippen molar-refractivity contribution < 1.29 is 4.74 Å². The van der Waals surface area contributed by atoms with Gasteiger partial charge < -0.3 is 15.4 Å². The van der Waals surface area contributed by atoms with Crippen LogP contribution in [0.1, 0.15) is 33.1 Å². The average molecular weight is 226 g/mol. The molecule has 3 heteroatoms. The molecule has 3 nitrogen and oxygen atoms in total. The third kappa shape index (κ3) is 2.96. The molecule has 0 amide bonds. The summed E-state index contributed by atoms with van der Waals surface area (Å²) in [5, 5.41) is 0. The first-order valence-electron chi connectivity index (χ1n) is 6.77. The van der Waals surface area contributed by atoms with E-state index in [2.05, 4.69) is 18.7 Å². The molecule has 0 radical (unpaired) electrons. The molecule has 2 saturated heterocycles. The van der Waals surface area contributed by atoms with E-state index in [0.29, 0.717) is 18.1 Å². The lowest BCUT2D eigenvalue weighted by Crippen LogP contribution is -2.45. The normalized spacial score (nSPS) is 41.4. The fraction of sp³-hybridized carbons (Fsp3) is 1.00. The number of nitrogens with zero attached hydrogens (tertiary/aromatic N) is 1. The van der Waals surface area contributed by atoms with Gasteiger partial charge >= 0.3 is 0 Å².